The molecule has 1 aliphatic rings. The Bertz CT molecular complexity index is 839. The Hall–Kier alpha value is -2.16. The van der Waals surface area contributed by atoms with E-state index in [0.717, 1.165) is 36.3 Å². The second-order valence-electron chi connectivity index (χ2n) is 6.21. The van der Waals surface area contributed by atoms with Gasteiger partial charge >= 0.3 is 0 Å². The number of hydrogen-bond donors (Lipinski definition) is 1. The second-order valence-corrected chi connectivity index (χ2v) is 7.53. The van der Waals surface area contributed by atoms with Crippen molar-refractivity contribution in [3.63, 3.8) is 0 Å². The highest BCUT2D eigenvalue weighted by atomic mass is 79.9. The van der Waals surface area contributed by atoms with E-state index in [0.29, 0.717) is 17.3 Å². The lowest BCUT2D eigenvalue weighted by Gasteiger charge is -2.35. The number of carbonyl (C=O) groups is 1. The molecule has 0 bridgehead atoms. The Balaban J connectivity index is 1.50. The Morgan fingerprint density at radius 1 is 1.15 bits per heavy atom. The lowest BCUT2D eigenvalue weighted by molar-refractivity contribution is -0.384. The number of rotatable bonds is 5. The van der Waals surface area contributed by atoms with Crippen LogP contribution in [0.25, 0.3) is 0 Å². The number of halogens is 2. The fourth-order valence-corrected chi connectivity index (χ4v) is 3.65. The zero-order chi connectivity index (χ0) is 19.4. The van der Waals surface area contributed by atoms with Gasteiger partial charge in [0.15, 0.2) is 0 Å². The van der Waals surface area contributed by atoms with Crippen LogP contribution >= 0.6 is 27.5 Å². The smallest absolute Gasteiger partial charge is 0.269 e. The van der Waals surface area contributed by atoms with Crippen molar-refractivity contribution in [2.75, 3.05) is 42.9 Å². The number of nitro groups is 1. The first-order valence-corrected chi connectivity index (χ1v) is 9.56. The number of nitro benzene ring substituents is 1. The van der Waals surface area contributed by atoms with Crippen LogP contribution in [0.3, 0.4) is 0 Å². The summed E-state index contributed by atoms with van der Waals surface area (Å²) >= 11 is 9.46. The highest BCUT2D eigenvalue weighted by Gasteiger charge is 2.20. The molecule has 1 fully saturated rings. The minimum atomic E-state index is -0.405. The molecule has 0 atom stereocenters. The average molecular weight is 454 g/mol. The van der Waals surface area contributed by atoms with E-state index in [4.69, 9.17) is 11.6 Å². The first-order chi connectivity index (χ1) is 12.9. The molecule has 27 heavy (non-hydrogen) atoms. The van der Waals surface area contributed by atoms with Gasteiger partial charge in [0.25, 0.3) is 5.69 Å². The number of benzene rings is 2. The molecule has 0 radical (unpaired) electrons. The molecule has 0 aliphatic carbocycles. The van der Waals surface area contributed by atoms with Crippen molar-refractivity contribution in [1.82, 2.24) is 4.90 Å². The van der Waals surface area contributed by atoms with E-state index in [9.17, 15) is 14.9 Å². The molecule has 2 aromatic rings. The van der Waals surface area contributed by atoms with Crippen molar-refractivity contribution in [1.29, 1.82) is 0 Å². The number of carbonyl (C=O) groups excluding carboxylic acids is 1. The summed E-state index contributed by atoms with van der Waals surface area (Å²) in [5, 5.41) is 14.1. The maximum atomic E-state index is 12.3. The monoisotopic (exact) mass is 452 g/mol. The third-order valence-corrected chi connectivity index (χ3v) is 5.18. The molecule has 1 saturated heterocycles. The molecular formula is C18H18BrClN4O3. The zero-order valence-corrected chi connectivity index (χ0v) is 16.7. The molecule has 0 saturated carbocycles. The standard InChI is InChI=1S/C18H18BrClN4O3/c19-13-1-6-17(16(20)11-13)21-18(25)12-22-7-9-23(10-8-22)14-2-4-15(5-3-14)24(26)27/h1-6,11H,7-10,12H2,(H,21,25). The van der Waals surface area contributed by atoms with Crippen LogP contribution in [0.15, 0.2) is 46.9 Å². The highest BCUT2D eigenvalue weighted by Crippen LogP contribution is 2.25. The number of anilines is 2. The molecular weight excluding hydrogens is 436 g/mol. The van der Waals surface area contributed by atoms with E-state index in [1.807, 2.05) is 6.07 Å². The Labute approximate surface area is 170 Å². The quantitative estimate of drug-likeness (QED) is 0.551. The molecule has 2 aromatic carbocycles. The minimum Gasteiger partial charge on any atom is -0.369 e. The minimum absolute atomic E-state index is 0.0839. The van der Waals surface area contributed by atoms with Crippen LogP contribution in [0.1, 0.15) is 0 Å². The molecule has 1 aliphatic heterocycles. The molecule has 1 amide bonds. The van der Waals surface area contributed by atoms with Gasteiger partial charge in [-0.2, -0.15) is 0 Å². The van der Waals surface area contributed by atoms with Crippen LogP contribution in [0.4, 0.5) is 17.1 Å². The van der Waals surface area contributed by atoms with E-state index in [2.05, 4.69) is 31.0 Å². The van der Waals surface area contributed by atoms with Crippen LogP contribution in [0.5, 0.6) is 0 Å². The van der Waals surface area contributed by atoms with Crippen LogP contribution < -0.4 is 10.2 Å². The third-order valence-electron chi connectivity index (χ3n) is 4.37. The number of nitrogens with zero attached hydrogens (tertiary/aromatic N) is 3. The highest BCUT2D eigenvalue weighted by molar-refractivity contribution is 9.10. The molecule has 1 heterocycles. The molecule has 7 nitrogen and oxygen atoms in total. The third kappa shape index (κ3) is 5.18. The van der Waals surface area contributed by atoms with Crippen LogP contribution in [0, 0.1) is 10.1 Å². The molecule has 142 valence electrons. The summed E-state index contributed by atoms with van der Waals surface area (Å²) in [6.45, 7) is 3.27. The van der Waals surface area contributed by atoms with Gasteiger partial charge in [-0.1, -0.05) is 27.5 Å². The molecule has 3 rings (SSSR count). The summed E-state index contributed by atoms with van der Waals surface area (Å²) in [7, 11) is 0. The van der Waals surface area contributed by atoms with Crippen molar-refractivity contribution in [2.45, 2.75) is 0 Å². The number of piperazine rings is 1. The average Bonchev–Trinajstić information content (AvgIpc) is 2.65. The van der Waals surface area contributed by atoms with Gasteiger partial charge in [-0.25, -0.2) is 0 Å². The normalized spacial score (nSPS) is 14.8. The summed E-state index contributed by atoms with van der Waals surface area (Å²) < 4.78 is 0.855. The van der Waals surface area contributed by atoms with Gasteiger partial charge in [0, 0.05) is 48.5 Å². The van der Waals surface area contributed by atoms with Crippen molar-refractivity contribution < 1.29 is 9.72 Å². The van der Waals surface area contributed by atoms with Crippen molar-refractivity contribution in [3.05, 3.63) is 62.1 Å². The summed E-state index contributed by atoms with van der Waals surface area (Å²) in [6.07, 6.45) is 0. The van der Waals surface area contributed by atoms with Crippen molar-refractivity contribution >= 4 is 50.5 Å². The van der Waals surface area contributed by atoms with E-state index in [-0.39, 0.29) is 11.6 Å². The maximum absolute atomic E-state index is 12.3. The fraction of sp³-hybridized carbons (Fsp3) is 0.278. The summed E-state index contributed by atoms with van der Waals surface area (Å²) in [5.74, 6) is -0.108. The molecule has 0 aromatic heterocycles. The predicted octanol–water partition coefficient (Wildman–Crippen LogP) is 3.77. The van der Waals surface area contributed by atoms with Gasteiger partial charge in [0.1, 0.15) is 0 Å². The predicted molar refractivity (Wildman–Crippen MR) is 110 cm³/mol. The SMILES string of the molecule is O=C(CN1CCN(c2ccc([N+](=O)[O-])cc2)CC1)Nc1ccc(Br)cc1Cl. The summed E-state index contributed by atoms with van der Waals surface area (Å²) in [5.41, 5.74) is 1.63. The van der Waals surface area contributed by atoms with E-state index in [1.54, 1.807) is 24.3 Å². The summed E-state index contributed by atoms with van der Waals surface area (Å²) in [6, 6.07) is 11.9. The van der Waals surface area contributed by atoms with Gasteiger partial charge in [-0.3, -0.25) is 19.8 Å². The van der Waals surface area contributed by atoms with Crippen molar-refractivity contribution in [2.24, 2.45) is 0 Å². The maximum Gasteiger partial charge on any atom is 0.269 e. The zero-order valence-electron chi connectivity index (χ0n) is 14.4. The second kappa shape index (κ2) is 8.69. The van der Waals surface area contributed by atoms with Gasteiger partial charge in [0.2, 0.25) is 5.91 Å². The van der Waals surface area contributed by atoms with Gasteiger partial charge in [0.05, 0.1) is 22.2 Å². The van der Waals surface area contributed by atoms with E-state index >= 15 is 0 Å². The first-order valence-electron chi connectivity index (χ1n) is 8.39. The van der Waals surface area contributed by atoms with E-state index in [1.165, 1.54) is 12.1 Å². The Kier molecular flexibility index (Phi) is 6.30. The van der Waals surface area contributed by atoms with Crippen molar-refractivity contribution in [3.8, 4) is 0 Å². The number of hydrogen-bond acceptors (Lipinski definition) is 5. The Morgan fingerprint density at radius 2 is 1.81 bits per heavy atom. The number of nitrogens with one attached hydrogen (secondary N) is 1. The lowest BCUT2D eigenvalue weighted by atomic mass is 10.2. The van der Waals surface area contributed by atoms with E-state index < -0.39 is 4.92 Å². The largest absolute Gasteiger partial charge is 0.369 e. The molecule has 0 spiro atoms. The van der Waals surface area contributed by atoms with Gasteiger partial charge in [-0.15, -0.1) is 0 Å². The van der Waals surface area contributed by atoms with Crippen LogP contribution in [0.2, 0.25) is 5.02 Å². The molecule has 1 N–H and O–H groups in total. The van der Waals surface area contributed by atoms with Gasteiger partial charge < -0.3 is 10.2 Å². The fourth-order valence-electron chi connectivity index (χ4n) is 2.93. The number of amides is 1. The van der Waals surface area contributed by atoms with Crippen LogP contribution in [-0.2, 0) is 4.79 Å². The molecule has 0 unspecified atom stereocenters. The topological polar surface area (TPSA) is 78.7 Å². The number of non-ortho nitro benzene ring substituents is 1. The lowest BCUT2D eigenvalue weighted by Crippen LogP contribution is -2.48. The summed E-state index contributed by atoms with van der Waals surface area (Å²) in [4.78, 5) is 26.8. The van der Waals surface area contributed by atoms with Gasteiger partial charge in [-0.05, 0) is 30.3 Å². The molecule has 9 heteroatoms. The Morgan fingerprint density at radius 3 is 2.41 bits per heavy atom. The van der Waals surface area contributed by atoms with Crippen LogP contribution in [-0.4, -0.2) is 48.5 Å². The first kappa shape index (κ1) is 19.6.